The Balaban J connectivity index is 0.957. The Kier molecular flexibility index (Phi) is 7.78. The van der Waals surface area contributed by atoms with E-state index in [1.54, 1.807) is 0 Å². The summed E-state index contributed by atoms with van der Waals surface area (Å²) in [5.41, 5.74) is 14.2. The van der Waals surface area contributed by atoms with Gasteiger partial charge in [-0.3, -0.25) is 0 Å². The third kappa shape index (κ3) is 5.92. The Morgan fingerprint density at radius 1 is 0.351 bits per heavy atom. The van der Waals surface area contributed by atoms with Gasteiger partial charge in [0.15, 0.2) is 5.58 Å². The van der Waals surface area contributed by atoms with Crippen LogP contribution in [0.5, 0.6) is 0 Å². The zero-order chi connectivity index (χ0) is 37.7. The Morgan fingerprint density at radius 2 is 0.930 bits per heavy atom. The maximum absolute atomic E-state index is 6.44. The highest BCUT2D eigenvalue weighted by atomic mass is 16.4. The van der Waals surface area contributed by atoms with E-state index in [4.69, 9.17) is 13.8 Å². The van der Waals surface area contributed by atoms with Crippen molar-refractivity contribution in [2.24, 2.45) is 0 Å². The van der Waals surface area contributed by atoms with Gasteiger partial charge in [-0.15, -0.1) is 0 Å². The molecule has 2 heterocycles. The van der Waals surface area contributed by atoms with Crippen molar-refractivity contribution >= 4 is 60.9 Å². The molecule has 2 aromatic heterocycles. The summed E-state index contributed by atoms with van der Waals surface area (Å²) in [6.07, 6.45) is 0. The quantitative estimate of drug-likeness (QED) is 0.164. The molecule has 0 radical (unpaired) electrons. The lowest BCUT2D eigenvalue weighted by molar-refractivity contribution is 0.620. The van der Waals surface area contributed by atoms with Crippen molar-refractivity contribution in [3.05, 3.63) is 206 Å². The molecule has 0 N–H and O–H groups in total. The molecule has 0 saturated heterocycles. The lowest BCUT2D eigenvalue weighted by Gasteiger charge is -2.28. The number of fused-ring (bicyclic) bond motifs is 5. The number of aromatic nitrogens is 1. The van der Waals surface area contributed by atoms with E-state index in [1.165, 1.54) is 27.5 Å². The van der Waals surface area contributed by atoms with Crippen LogP contribution in [0, 0.1) is 0 Å². The Hall–Kier alpha value is -7.69. The Morgan fingerprint density at radius 3 is 1.67 bits per heavy atom. The van der Waals surface area contributed by atoms with Crippen LogP contribution in [0.4, 0.5) is 17.1 Å². The van der Waals surface area contributed by atoms with Gasteiger partial charge in [0.05, 0.1) is 5.69 Å². The minimum Gasteiger partial charge on any atom is -0.456 e. The Labute approximate surface area is 329 Å². The molecule has 4 nitrogen and oxygen atoms in total. The molecule has 4 heteroatoms. The van der Waals surface area contributed by atoms with E-state index in [2.05, 4.69) is 169 Å². The van der Waals surface area contributed by atoms with E-state index >= 15 is 0 Å². The highest BCUT2D eigenvalue weighted by Gasteiger charge is 2.19. The predicted molar refractivity (Wildman–Crippen MR) is 235 cm³/mol. The number of hydrogen-bond donors (Lipinski definition) is 0. The van der Waals surface area contributed by atoms with Crippen LogP contribution in [-0.2, 0) is 0 Å². The minimum absolute atomic E-state index is 0.605. The number of oxazole rings is 1. The van der Waals surface area contributed by atoms with Crippen molar-refractivity contribution in [2.45, 2.75) is 0 Å². The lowest BCUT2D eigenvalue weighted by Crippen LogP contribution is -2.11. The van der Waals surface area contributed by atoms with Gasteiger partial charge in [-0.25, -0.2) is 4.98 Å². The average molecular weight is 731 g/mol. The number of anilines is 3. The summed E-state index contributed by atoms with van der Waals surface area (Å²) < 4.78 is 12.6. The number of nitrogens with zero attached hydrogens (tertiary/aromatic N) is 2. The Bertz CT molecular complexity index is 3220. The standard InChI is InChI=1S/C53H34N2O2/c1-3-12-38(13-4-1)45-17-9-10-18-49(45)55(43-26-21-36(22-27-43)41-20-19-35-11-7-8-16-40(35)31-41)44-28-23-37(24-29-44)42-25-30-46-47-33-52-48(34-51(47)56-50(46)32-42)54-53(57-52)39-14-5-2-6-15-39/h1-34H. The van der Waals surface area contributed by atoms with Crippen LogP contribution in [0.15, 0.2) is 215 Å². The molecule has 0 atom stereocenters. The summed E-state index contributed by atoms with van der Waals surface area (Å²) in [7, 11) is 0. The van der Waals surface area contributed by atoms with Crippen molar-refractivity contribution in [2.75, 3.05) is 4.90 Å². The van der Waals surface area contributed by atoms with Gasteiger partial charge in [-0.05, 0) is 105 Å². The van der Waals surface area contributed by atoms with Gasteiger partial charge in [0.2, 0.25) is 5.89 Å². The van der Waals surface area contributed by atoms with Gasteiger partial charge in [-0.1, -0.05) is 133 Å². The fourth-order valence-corrected chi connectivity index (χ4v) is 8.01. The SMILES string of the molecule is c1ccc(-c2nc3cc4oc5cc(-c6ccc(N(c7ccc(-c8ccc9ccccc9c8)cc7)c7ccccc7-c7ccccc7)cc6)ccc5c4cc3o2)cc1. The number of benzene rings is 9. The summed E-state index contributed by atoms with van der Waals surface area (Å²) in [6, 6.07) is 72.6. The first kappa shape index (κ1) is 32.7. The molecule has 0 fully saturated rings. The van der Waals surface area contributed by atoms with Crippen LogP contribution >= 0.6 is 0 Å². The summed E-state index contributed by atoms with van der Waals surface area (Å²) in [4.78, 5) is 7.11. The number of furan rings is 1. The third-order valence-corrected chi connectivity index (χ3v) is 10.9. The minimum atomic E-state index is 0.605. The predicted octanol–water partition coefficient (Wildman–Crippen LogP) is 15.0. The third-order valence-electron chi connectivity index (χ3n) is 10.9. The molecule has 11 aromatic rings. The molecule has 0 aliphatic heterocycles. The number of para-hydroxylation sites is 1. The highest BCUT2D eigenvalue weighted by Crippen LogP contribution is 2.42. The van der Waals surface area contributed by atoms with E-state index in [-0.39, 0.29) is 0 Å². The van der Waals surface area contributed by atoms with E-state index in [9.17, 15) is 0 Å². The first-order valence-corrected chi connectivity index (χ1v) is 19.2. The molecular formula is C53H34N2O2. The fraction of sp³-hybridized carbons (Fsp3) is 0. The number of rotatable bonds is 7. The summed E-state index contributed by atoms with van der Waals surface area (Å²) in [5.74, 6) is 0.605. The molecule has 57 heavy (non-hydrogen) atoms. The van der Waals surface area contributed by atoms with Crippen molar-refractivity contribution in [1.82, 2.24) is 4.98 Å². The normalized spacial score (nSPS) is 11.5. The van der Waals surface area contributed by atoms with Gasteiger partial charge < -0.3 is 13.7 Å². The molecule has 268 valence electrons. The van der Waals surface area contributed by atoms with Crippen molar-refractivity contribution in [1.29, 1.82) is 0 Å². The zero-order valence-electron chi connectivity index (χ0n) is 30.8. The van der Waals surface area contributed by atoms with E-state index in [0.717, 1.165) is 72.4 Å². The first-order chi connectivity index (χ1) is 28.2. The van der Waals surface area contributed by atoms with E-state index in [1.807, 2.05) is 42.5 Å². The molecule has 11 rings (SSSR count). The van der Waals surface area contributed by atoms with Crippen LogP contribution in [0.1, 0.15) is 0 Å². The fourth-order valence-electron chi connectivity index (χ4n) is 8.01. The maximum atomic E-state index is 6.44. The maximum Gasteiger partial charge on any atom is 0.227 e. The van der Waals surface area contributed by atoms with Crippen molar-refractivity contribution < 1.29 is 8.83 Å². The van der Waals surface area contributed by atoms with Crippen LogP contribution in [0.3, 0.4) is 0 Å². The van der Waals surface area contributed by atoms with Crippen LogP contribution < -0.4 is 4.90 Å². The smallest absolute Gasteiger partial charge is 0.227 e. The molecule has 0 saturated carbocycles. The molecule has 0 unspecified atom stereocenters. The van der Waals surface area contributed by atoms with Gasteiger partial charge >= 0.3 is 0 Å². The van der Waals surface area contributed by atoms with E-state index in [0.29, 0.717) is 5.89 Å². The molecular weight excluding hydrogens is 697 g/mol. The first-order valence-electron chi connectivity index (χ1n) is 19.2. The summed E-state index contributed by atoms with van der Waals surface area (Å²) >= 11 is 0. The lowest BCUT2D eigenvalue weighted by atomic mass is 9.99. The topological polar surface area (TPSA) is 42.4 Å². The molecule has 0 bridgehead atoms. The second kappa shape index (κ2) is 13.6. The number of hydrogen-bond acceptors (Lipinski definition) is 4. The molecule has 0 amide bonds. The molecule has 0 aliphatic carbocycles. The second-order valence-corrected chi connectivity index (χ2v) is 14.4. The molecule has 0 spiro atoms. The molecule has 0 aliphatic rings. The van der Waals surface area contributed by atoms with Gasteiger partial charge in [0.1, 0.15) is 16.7 Å². The molecule has 9 aromatic carbocycles. The van der Waals surface area contributed by atoms with Gasteiger partial charge in [0.25, 0.3) is 0 Å². The zero-order valence-corrected chi connectivity index (χ0v) is 30.8. The highest BCUT2D eigenvalue weighted by molar-refractivity contribution is 6.09. The largest absolute Gasteiger partial charge is 0.456 e. The van der Waals surface area contributed by atoms with Crippen LogP contribution in [0.2, 0.25) is 0 Å². The second-order valence-electron chi connectivity index (χ2n) is 14.4. The van der Waals surface area contributed by atoms with Gasteiger partial charge in [-0.2, -0.15) is 0 Å². The van der Waals surface area contributed by atoms with Crippen molar-refractivity contribution in [3.63, 3.8) is 0 Å². The van der Waals surface area contributed by atoms with Crippen LogP contribution in [-0.4, -0.2) is 4.98 Å². The monoisotopic (exact) mass is 730 g/mol. The van der Waals surface area contributed by atoms with Crippen molar-refractivity contribution in [3.8, 4) is 44.8 Å². The van der Waals surface area contributed by atoms with Gasteiger partial charge in [0, 0.05) is 39.3 Å². The average Bonchev–Trinajstić information content (AvgIpc) is 3.87. The summed E-state index contributed by atoms with van der Waals surface area (Å²) in [6.45, 7) is 0. The van der Waals surface area contributed by atoms with Crippen LogP contribution in [0.25, 0.3) is 88.6 Å². The summed E-state index contributed by atoms with van der Waals surface area (Å²) in [5, 5.41) is 4.53. The van der Waals surface area contributed by atoms with E-state index < -0.39 is 0 Å².